The minimum atomic E-state index is -0.430. The summed E-state index contributed by atoms with van der Waals surface area (Å²) in [4.78, 5) is 32.6. The van der Waals surface area contributed by atoms with E-state index in [1.54, 1.807) is 12.1 Å². The van der Waals surface area contributed by atoms with Crippen LogP contribution in [0.2, 0.25) is 10.0 Å². The summed E-state index contributed by atoms with van der Waals surface area (Å²) in [6.07, 6.45) is 2.41. The van der Waals surface area contributed by atoms with E-state index >= 15 is 0 Å². The molecule has 1 amide bonds. The van der Waals surface area contributed by atoms with Crippen LogP contribution in [0.25, 0.3) is 11.0 Å². The predicted octanol–water partition coefficient (Wildman–Crippen LogP) is 5.69. The van der Waals surface area contributed by atoms with Gasteiger partial charge >= 0.3 is 5.97 Å². The lowest BCUT2D eigenvalue weighted by atomic mass is 9.96. The normalized spacial score (nSPS) is 15.5. The summed E-state index contributed by atoms with van der Waals surface area (Å²) in [6, 6.07) is 13.2. The molecule has 1 aliphatic rings. The van der Waals surface area contributed by atoms with Gasteiger partial charge in [0, 0.05) is 19.5 Å². The van der Waals surface area contributed by atoms with Gasteiger partial charge in [-0.15, -0.1) is 0 Å². The maximum atomic E-state index is 13.7. The van der Waals surface area contributed by atoms with Gasteiger partial charge in [0.05, 0.1) is 33.6 Å². The summed E-state index contributed by atoms with van der Waals surface area (Å²) in [5.74, 6) is 0.511. The summed E-state index contributed by atoms with van der Waals surface area (Å²) >= 11 is 12.6. The van der Waals surface area contributed by atoms with Crippen molar-refractivity contribution in [2.24, 2.45) is 5.92 Å². The summed E-state index contributed by atoms with van der Waals surface area (Å²) < 4.78 is 7.19. The monoisotopic (exact) mass is 501 g/mol. The number of imidazole rings is 1. The number of likely N-dealkylation sites (tertiary alicyclic amines) is 1. The number of carbonyl (C=O) groups is 2. The van der Waals surface area contributed by atoms with Crippen molar-refractivity contribution in [3.05, 3.63) is 63.9 Å². The Morgan fingerprint density at radius 3 is 2.41 bits per heavy atom. The van der Waals surface area contributed by atoms with Gasteiger partial charge in [-0.2, -0.15) is 0 Å². The summed E-state index contributed by atoms with van der Waals surface area (Å²) in [7, 11) is 0. The van der Waals surface area contributed by atoms with Crippen LogP contribution in [0.5, 0.6) is 0 Å². The number of amides is 1. The van der Waals surface area contributed by atoms with Crippen LogP contribution < -0.4 is 0 Å². The molecule has 6 nitrogen and oxygen atoms in total. The minimum Gasteiger partial charge on any atom is -0.466 e. The van der Waals surface area contributed by atoms with Crippen LogP contribution >= 0.6 is 23.2 Å². The molecular weight excluding hydrogens is 473 g/mol. The predicted molar refractivity (Wildman–Crippen MR) is 134 cm³/mol. The Hall–Kier alpha value is -2.57. The Balaban J connectivity index is 1.66. The van der Waals surface area contributed by atoms with E-state index in [1.165, 1.54) is 0 Å². The molecule has 0 bridgehead atoms. The second-order valence-electron chi connectivity index (χ2n) is 8.59. The van der Waals surface area contributed by atoms with Crippen LogP contribution in [0.15, 0.2) is 42.5 Å². The van der Waals surface area contributed by atoms with E-state index in [-0.39, 0.29) is 17.8 Å². The zero-order chi connectivity index (χ0) is 24.2. The molecule has 1 aliphatic heterocycles. The van der Waals surface area contributed by atoms with E-state index in [1.807, 2.05) is 53.6 Å². The summed E-state index contributed by atoms with van der Waals surface area (Å²) in [5, 5.41) is 0.865. The van der Waals surface area contributed by atoms with Gasteiger partial charge in [-0.25, -0.2) is 4.98 Å². The average Bonchev–Trinajstić information content (AvgIpc) is 3.17. The largest absolute Gasteiger partial charge is 0.466 e. The molecule has 1 atom stereocenters. The van der Waals surface area contributed by atoms with E-state index in [0.717, 1.165) is 16.9 Å². The molecule has 34 heavy (non-hydrogen) atoms. The van der Waals surface area contributed by atoms with Gasteiger partial charge in [0.1, 0.15) is 11.9 Å². The SMILES string of the molecule is CCOC(=O)C1CCN(C(=O)C(CC)n2c(Cc3ccccc3)nc3cc(Cl)c(Cl)cc32)CC1. The number of piperidine rings is 1. The first-order valence-electron chi connectivity index (χ1n) is 11.8. The first-order chi connectivity index (χ1) is 16.4. The highest BCUT2D eigenvalue weighted by Gasteiger charge is 2.33. The number of halogens is 2. The highest BCUT2D eigenvalue weighted by molar-refractivity contribution is 6.42. The Labute approximate surface area is 209 Å². The number of esters is 1. The molecule has 3 aromatic rings. The third kappa shape index (κ3) is 5.08. The molecule has 4 rings (SSSR count). The Morgan fingerprint density at radius 1 is 1.09 bits per heavy atom. The van der Waals surface area contributed by atoms with Crippen molar-refractivity contribution in [2.45, 2.75) is 45.6 Å². The van der Waals surface area contributed by atoms with Crippen LogP contribution in [0.1, 0.15) is 50.5 Å². The highest BCUT2D eigenvalue weighted by atomic mass is 35.5. The topological polar surface area (TPSA) is 64.4 Å². The maximum Gasteiger partial charge on any atom is 0.309 e. The molecule has 1 unspecified atom stereocenters. The average molecular weight is 502 g/mol. The van der Waals surface area contributed by atoms with Crippen LogP contribution in [0.4, 0.5) is 0 Å². The molecule has 0 aliphatic carbocycles. The van der Waals surface area contributed by atoms with Crippen molar-refractivity contribution in [3.8, 4) is 0 Å². The van der Waals surface area contributed by atoms with Gasteiger partial charge in [0.2, 0.25) is 5.91 Å². The van der Waals surface area contributed by atoms with Crippen LogP contribution in [0, 0.1) is 5.92 Å². The molecule has 0 saturated carbocycles. The number of aromatic nitrogens is 2. The molecule has 2 aromatic carbocycles. The third-order valence-corrected chi connectivity index (χ3v) is 7.14. The second kappa shape index (κ2) is 10.8. The molecule has 2 heterocycles. The number of carbonyl (C=O) groups excluding carboxylic acids is 2. The van der Waals surface area contributed by atoms with E-state index < -0.39 is 6.04 Å². The van der Waals surface area contributed by atoms with E-state index in [0.29, 0.717) is 60.9 Å². The van der Waals surface area contributed by atoms with Crippen molar-refractivity contribution < 1.29 is 14.3 Å². The summed E-state index contributed by atoms with van der Waals surface area (Å²) in [5.41, 5.74) is 2.61. The first kappa shape index (κ1) is 24.6. The van der Waals surface area contributed by atoms with Gasteiger partial charge in [-0.3, -0.25) is 9.59 Å². The number of hydrogen-bond acceptors (Lipinski definition) is 4. The maximum absolute atomic E-state index is 13.7. The third-order valence-electron chi connectivity index (χ3n) is 6.42. The van der Waals surface area contributed by atoms with Crippen LogP contribution in [0.3, 0.4) is 0 Å². The number of ether oxygens (including phenoxy) is 1. The fourth-order valence-electron chi connectivity index (χ4n) is 4.67. The molecular formula is C26H29Cl2N3O3. The van der Waals surface area contributed by atoms with Gasteiger partial charge < -0.3 is 14.2 Å². The number of nitrogens with zero attached hydrogens (tertiary/aromatic N) is 3. The van der Waals surface area contributed by atoms with Crippen molar-refractivity contribution in [2.75, 3.05) is 19.7 Å². The molecule has 180 valence electrons. The molecule has 1 aromatic heterocycles. The zero-order valence-corrected chi connectivity index (χ0v) is 21.0. The smallest absolute Gasteiger partial charge is 0.309 e. The number of rotatable bonds is 7. The van der Waals surface area contributed by atoms with Crippen molar-refractivity contribution in [1.29, 1.82) is 0 Å². The van der Waals surface area contributed by atoms with Crippen LogP contribution in [-0.4, -0.2) is 46.0 Å². The van der Waals surface area contributed by atoms with Gasteiger partial charge in [-0.05, 0) is 43.9 Å². The lowest BCUT2D eigenvalue weighted by Gasteiger charge is -2.34. The number of benzene rings is 2. The molecule has 8 heteroatoms. The lowest BCUT2D eigenvalue weighted by molar-refractivity contribution is -0.151. The zero-order valence-electron chi connectivity index (χ0n) is 19.5. The molecule has 1 saturated heterocycles. The molecule has 0 spiro atoms. The fraction of sp³-hybridized carbons (Fsp3) is 0.423. The van der Waals surface area contributed by atoms with Crippen molar-refractivity contribution in [1.82, 2.24) is 14.5 Å². The summed E-state index contributed by atoms with van der Waals surface area (Å²) in [6.45, 7) is 5.26. The Bertz CT molecular complexity index is 1170. The first-order valence-corrected chi connectivity index (χ1v) is 12.5. The quantitative estimate of drug-likeness (QED) is 0.390. The molecule has 1 fully saturated rings. The lowest BCUT2D eigenvalue weighted by Crippen LogP contribution is -2.44. The van der Waals surface area contributed by atoms with E-state index in [9.17, 15) is 9.59 Å². The van der Waals surface area contributed by atoms with Crippen LogP contribution in [-0.2, 0) is 20.7 Å². The number of fused-ring (bicyclic) bond motifs is 1. The minimum absolute atomic E-state index is 0.0319. The molecule has 0 N–H and O–H groups in total. The van der Waals surface area contributed by atoms with Gasteiger partial charge in [0.15, 0.2) is 0 Å². The Morgan fingerprint density at radius 2 is 1.76 bits per heavy atom. The number of hydrogen-bond donors (Lipinski definition) is 0. The standard InChI is InChI=1S/C26H29Cl2N3O3/c1-3-22(25(32)30-12-10-18(11-13-30)26(33)34-4-2)31-23-16-20(28)19(27)15-21(23)29-24(31)14-17-8-6-5-7-9-17/h5-9,15-16,18,22H,3-4,10-14H2,1-2H3. The van der Waals surface area contributed by atoms with Crippen molar-refractivity contribution >= 4 is 46.1 Å². The van der Waals surface area contributed by atoms with Crippen molar-refractivity contribution in [3.63, 3.8) is 0 Å². The molecule has 0 radical (unpaired) electrons. The highest BCUT2D eigenvalue weighted by Crippen LogP contribution is 2.33. The van der Waals surface area contributed by atoms with Gasteiger partial charge in [-0.1, -0.05) is 60.5 Å². The van der Waals surface area contributed by atoms with Gasteiger partial charge in [0.25, 0.3) is 0 Å². The van der Waals surface area contributed by atoms with E-state index in [2.05, 4.69) is 0 Å². The van der Waals surface area contributed by atoms with E-state index in [4.69, 9.17) is 32.9 Å². The Kier molecular flexibility index (Phi) is 7.79. The second-order valence-corrected chi connectivity index (χ2v) is 9.41. The fourth-order valence-corrected chi connectivity index (χ4v) is 4.98.